The maximum Gasteiger partial charge on any atom is 0.256 e. The van der Waals surface area contributed by atoms with Crippen LogP contribution in [-0.2, 0) is 0 Å². The third-order valence-corrected chi connectivity index (χ3v) is 5.30. The van der Waals surface area contributed by atoms with Crippen LogP contribution in [0.5, 0.6) is 11.5 Å². The molecule has 0 saturated heterocycles. The Morgan fingerprint density at radius 2 is 1.63 bits per heavy atom. The minimum Gasteiger partial charge on any atom is -0.497 e. The lowest BCUT2D eigenvalue weighted by Gasteiger charge is -2.07. The average Bonchev–Trinajstić information content (AvgIpc) is 3.40. The van der Waals surface area contributed by atoms with Gasteiger partial charge in [-0.3, -0.25) is 4.79 Å². The molecule has 152 valence electrons. The van der Waals surface area contributed by atoms with E-state index >= 15 is 0 Å². The lowest BCUT2D eigenvalue weighted by atomic mass is 10.2. The van der Waals surface area contributed by atoms with Gasteiger partial charge in [-0.15, -0.1) is 11.3 Å². The highest BCUT2D eigenvalue weighted by Gasteiger charge is 2.15. The number of carbonyl (C=O) groups is 1. The van der Waals surface area contributed by atoms with Crippen LogP contribution in [0.1, 0.15) is 16.1 Å². The summed E-state index contributed by atoms with van der Waals surface area (Å²) in [4.78, 5) is 17.4. The van der Waals surface area contributed by atoms with Gasteiger partial charge in [-0.25, -0.2) is 4.98 Å². The van der Waals surface area contributed by atoms with Gasteiger partial charge in [-0.1, -0.05) is 0 Å². The summed E-state index contributed by atoms with van der Waals surface area (Å²) < 4.78 is 12.0. The number of methoxy groups -OCH3 is 2. The van der Waals surface area contributed by atoms with Crippen molar-refractivity contribution < 1.29 is 14.3 Å². The Balaban J connectivity index is 1.58. The van der Waals surface area contributed by atoms with Crippen molar-refractivity contribution in [3.05, 3.63) is 71.2 Å². The number of aryl methyl sites for hydroxylation is 1. The number of hydrogen-bond acceptors (Lipinski definition) is 6. The van der Waals surface area contributed by atoms with Gasteiger partial charge in [-0.2, -0.15) is 9.78 Å². The molecule has 8 heteroatoms. The maximum atomic E-state index is 12.7. The third kappa shape index (κ3) is 4.04. The highest BCUT2D eigenvalue weighted by atomic mass is 32.1. The molecule has 1 N–H and O–H groups in total. The number of aromatic nitrogens is 3. The third-order valence-electron chi connectivity index (χ3n) is 4.48. The number of anilines is 1. The standard InChI is InChI=1S/C22H20N4O3S/c1-14-12-20(24-21(27)16-6-10-18(29-3)11-7-16)26(25-14)22-23-19(13-30-22)15-4-8-17(28-2)9-5-15/h4-13H,1-3H3,(H,24,27). The van der Waals surface area contributed by atoms with Gasteiger partial charge in [0.25, 0.3) is 5.91 Å². The first-order chi connectivity index (χ1) is 14.6. The van der Waals surface area contributed by atoms with Gasteiger partial charge in [0.05, 0.1) is 25.6 Å². The average molecular weight is 420 g/mol. The summed E-state index contributed by atoms with van der Waals surface area (Å²) >= 11 is 1.45. The molecular formula is C22H20N4O3S. The van der Waals surface area contributed by atoms with Crippen LogP contribution in [0.25, 0.3) is 16.4 Å². The summed E-state index contributed by atoms with van der Waals surface area (Å²) in [5.41, 5.74) is 3.12. The Hall–Kier alpha value is -3.65. The summed E-state index contributed by atoms with van der Waals surface area (Å²) in [6, 6.07) is 16.4. The fourth-order valence-corrected chi connectivity index (χ4v) is 3.72. The second-order valence-corrected chi connectivity index (χ2v) is 7.35. The number of amides is 1. The van der Waals surface area contributed by atoms with Crippen molar-refractivity contribution in [2.75, 3.05) is 19.5 Å². The fourth-order valence-electron chi connectivity index (χ4n) is 2.92. The van der Waals surface area contributed by atoms with Gasteiger partial charge in [0.2, 0.25) is 5.13 Å². The molecule has 4 aromatic rings. The monoisotopic (exact) mass is 420 g/mol. The van der Waals surface area contributed by atoms with E-state index in [2.05, 4.69) is 10.4 Å². The van der Waals surface area contributed by atoms with E-state index in [0.717, 1.165) is 22.7 Å². The first-order valence-electron chi connectivity index (χ1n) is 9.20. The van der Waals surface area contributed by atoms with Crippen molar-refractivity contribution >= 4 is 23.1 Å². The Morgan fingerprint density at radius 3 is 2.27 bits per heavy atom. The zero-order valence-corrected chi connectivity index (χ0v) is 17.6. The van der Waals surface area contributed by atoms with E-state index in [0.29, 0.717) is 22.3 Å². The van der Waals surface area contributed by atoms with Crippen molar-refractivity contribution in [3.8, 4) is 27.9 Å². The van der Waals surface area contributed by atoms with Crippen molar-refractivity contribution in [1.29, 1.82) is 0 Å². The first-order valence-corrected chi connectivity index (χ1v) is 10.1. The summed E-state index contributed by atoms with van der Waals surface area (Å²) in [6.07, 6.45) is 0. The van der Waals surface area contributed by atoms with E-state index in [1.165, 1.54) is 11.3 Å². The zero-order valence-electron chi connectivity index (χ0n) is 16.7. The van der Waals surface area contributed by atoms with Gasteiger partial charge in [-0.05, 0) is 55.5 Å². The molecule has 2 aromatic heterocycles. The van der Waals surface area contributed by atoms with E-state index in [-0.39, 0.29) is 5.91 Å². The van der Waals surface area contributed by atoms with Crippen molar-refractivity contribution in [2.24, 2.45) is 0 Å². The number of nitrogens with zero attached hydrogens (tertiary/aromatic N) is 3. The maximum absolute atomic E-state index is 12.7. The molecule has 4 rings (SSSR count). The molecule has 2 aromatic carbocycles. The summed E-state index contributed by atoms with van der Waals surface area (Å²) in [6.45, 7) is 1.87. The number of nitrogens with one attached hydrogen (secondary N) is 1. The predicted octanol–water partition coefficient (Wildman–Crippen LogP) is 4.57. The van der Waals surface area contributed by atoms with E-state index < -0.39 is 0 Å². The molecule has 2 heterocycles. The molecule has 0 saturated carbocycles. The van der Waals surface area contributed by atoms with E-state index in [1.54, 1.807) is 43.2 Å². The Kier molecular flexibility index (Phi) is 5.49. The SMILES string of the molecule is COc1ccc(C(=O)Nc2cc(C)nn2-c2nc(-c3ccc(OC)cc3)cs2)cc1. The minimum atomic E-state index is -0.231. The van der Waals surface area contributed by atoms with Crippen LogP contribution in [0.15, 0.2) is 60.0 Å². The molecular weight excluding hydrogens is 400 g/mol. The minimum absolute atomic E-state index is 0.231. The summed E-state index contributed by atoms with van der Waals surface area (Å²) in [5.74, 6) is 1.82. The molecule has 0 atom stereocenters. The Bertz CT molecular complexity index is 1160. The van der Waals surface area contributed by atoms with Crippen molar-refractivity contribution in [1.82, 2.24) is 14.8 Å². The quantitative estimate of drug-likeness (QED) is 0.494. The van der Waals surface area contributed by atoms with Crippen LogP contribution in [0.4, 0.5) is 5.82 Å². The first kappa shape index (κ1) is 19.7. The Labute approximate surface area is 177 Å². The summed E-state index contributed by atoms with van der Waals surface area (Å²) in [7, 11) is 3.22. The van der Waals surface area contributed by atoms with Gasteiger partial charge in [0, 0.05) is 22.6 Å². The van der Waals surface area contributed by atoms with Gasteiger partial charge in [0.1, 0.15) is 17.3 Å². The largest absolute Gasteiger partial charge is 0.497 e. The molecule has 0 aliphatic rings. The number of carbonyl (C=O) groups excluding carboxylic acids is 1. The highest BCUT2D eigenvalue weighted by Crippen LogP contribution is 2.28. The lowest BCUT2D eigenvalue weighted by molar-refractivity contribution is 0.102. The van der Waals surface area contributed by atoms with Crippen molar-refractivity contribution in [2.45, 2.75) is 6.92 Å². The van der Waals surface area contributed by atoms with Crippen LogP contribution in [-0.4, -0.2) is 34.9 Å². The summed E-state index contributed by atoms with van der Waals surface area (Å²) in [5, 5.41) is 10.0. The van der Waals surface area contributed by atoms with E-state index in [1.807, 2.05) is 42.6 Å². The molecule has 0 spiro atoms. The number of benzene rings is 2. The van der Waals surface area contributed by atoms with Gasteiger partial charge >= 0.3 is 0 Å². The lowest BCUT2D eigenvalue weighted by Crippen LogP contribution is -2.15. The fraction of sp³-hybridized carbons (Fsp3) is 0.136. The van der Waals surface area contributed by atoms with Gasteiger partial charge in [0.15, 0.2) is 0 Å². The number of ether oxygens (including phenoxy) is 2. The van der Waals surface area contributed by atoms with E-state index in [4.69, 9.17) is 14.5 Å². The predicted molar refractivity (Wildman–Crippen MR) is 117 cm³/mol. The molecule has 0 bridgehead atoms. The highest BCUT2D eigenvalue weighted by molar-refractivity contribution is 7.12. The molecule has 1 amide bonds. The van der Waals surface area contributed by atoms with Crippen LogP contribution < -0.4 is 14.8 Å². The molecule has 0 aliphatic carbocycles. The van der Waals surface area contributed by atoms with Gasteiger partial charge < -0.3 is 14.8 Å². The second-order valence-electron chi connectivity index (χ2n) is 6.51. The molecule has 30 heavy (non-hydrogen) atoms. The topological polar surface area (TPSA) is 78.3 Å². The number of hydrogen-bond donors (Lipinski definition) is 1. The smallest absolute Gasteiger partial charge is 0.256 e. The Morgan fingerprint density at radius 1 is 1.00 bits per heavy atom. The van der Waals surface area contributed by atoms with Crippen LogP contribution in [0, 0.1) is 6.92 Å². The van der Waals surface area contributed by atoms with Crippen molar-refractivity contribution in [3.63, 3.8) is 0 Å². The van der Waals surface area contributed by atoms with Crippen LogP contribution in [0.2, 0.25) is 0 Å². The number of thiazole rings is 1. The molecule has 7 nitrogen and oxygen atoms in total. The van der Waals surface area contributed by atoms with Crippen LogP contribution >= 0.6 is 11.3 Å². The molecule has 0 radical (unpaired) electrons. The van der Waals surface area contributed by atoms with Crippen LogP contribution in [0.3, 0.4) is 0 Å². The molecule has 0 fully saturated rings. The van der Waals surface area contributed by atoms with E-state index in [9.17, 15) is 4.79 Å². The second kappa shape index (κ2) is 8.38. The number of rotatable bonds is 6. The molecule has 0 aliphatic heterocycles. The molecule has 0 unspecified atom stereocenters. The normalized spacial score (nSPS) is 10.6. The zero-order chi connectivity index (χ0) is 21.1.